The van der Waals surface area contributed by atoms with Gasteiger partial charge in [0.15, 0.2) is 0 Å². The SMILES string of the molecule is CN1CCN(/N=C/C(=O)c2ccc(Cl)cc2)CC1. The molecule has 1 heterocycles. The number of nitrogens with zero attached hydrogens (tertiary/aromatic N) is 3. The molecule has 1 aliphatic heterocycles. The third kappa shape index (κ3) is 3.55. The molecule has 0 bridgehead atoms. The maximum Gasteiger partial charge on any atom is 0.205 e. The van der Waals surface area contributed by atoms with Crippen molar-refractivity contribution >= 4 is 23.6 Å². The Kier molecular flexibility index (Phi) is 4.33. The summed E-state index contributed by atoms with van der Waals surface area (Å²) in [5, 5.41) is 6.77. The fourth-order valence-electron chi connectivity index (χ4n) is 1.73. The van der Waals surface area contributed by atoms with Gasteiger partial charge in [0.1, 0.15) is 0 Å². The van der Waals surface area contributed by atoms with Gasteiger partial charge >= 0.3 is 0 Å². The van der Waals surface area contributed by atoms with Crippen molar-refractivity contribution < 1.29 is 4.79 Å². The lowest BCUT2D eigenvalue weighted by Gasteiger charge is -2.30. The van der Waals surface area contributed by atoms with Crippen LogP contribution in [0.25, 0.3) is 0 Å². The van der Waals surface area contributed by atoms with E-state index >= 15 is 0 Å². The second kappa shape index (κ2) is 5.98. The van der Waals surface area contributed by atoms with Crippen molar-refractivity contribution in [1.82, 2.24) is 9.91 Å². The fourth-order valence-corrected chi connectivity index (χ4v) is 1.86. The van der Waals surface area contributed by atoms with E-state index in [1.165, 1.54) is 6.21 Å². The number of Topliss-reactive ketones (excluding diaryl/α,β-unsaturated/α-hetero) is 1. The number of hydrogen-bond donors (Lipinski definition) is 0. The largest absolute Gasteiger partial charge is 0.303 e. The molecule has 96 valence electrons. The van der Waals surface area contributed by atoms with Gasteiger partial charge in [-0.25, -0.2) is 0 Å². The van der Waals surface area contributed by atoms with E-state index in [2.05, 4.69) is 17.0 Å². The number of carbonyl (C=O) groups excluding carboxylic acids is 1. The molecule has 1 fully saturated rings. The zero-order chi connectivity index (χ0) is 13.0. The minimum Gasteiger partial charge on any atom is -0.303 e. The van der Waals surface area contributed by atoms with Gasteiger partial charge in [0.05, 0.1) is 6.21 Å². The van der Waals surface area contributed by atoms with Crippen molar-refractivity contribution in [3.05, 3.63) is 34.9 Å². The molecule has 0 radical (unpaired) electrons. The summed E-state index contributed by atoms with van der Waals surface area (Å²) in [5.74, 6) is -0.0920. The molecule has 0 amide bonds. The molecule has 4 nitrogen and oxygen atoms in total. The molecule has 1 aromatic carbocycles. The number of benzene rings is 1. The van der Waals surface area contributed by atoms with Crippen molar-refractivity contribution in [1.29, 1.82) is 0 Å². The van der Waals surface area contributed by atoms with Gasteiger partial charge in [0.2, 0.25) is 5.78 Å². The molecule has 1 aromatic rings. The second-order valence-electron chi connectivity index (χ2n) is 4.37. The van der Waals surface area contributed by atoms with Gasteiger partial charge in [0.25, 0.3) is 0 Å². The number of hydrogen-bond acceptors (Lipinski definition) is 4. The minimum absolute atomic E-state index is 0.0920. The number of halogens is 1. The van der Waals surface area contributed by atoms with Crippen LogP contribution in [0.5, 0.6) is 0 Å². The van der Waals surface area contributed by atoms with E-state index in [4.69, 9.17) is 11.6 Å². The molecule has 1 aliphatic rings. The molecule has 0 N–H and O–H groups in total. The first-order valence-corrected chi connectivity index (χ1v) is 6.30. The highest BCUT2D eigenvalue weighted by molar-refractivity contribution is 6.35. The predicted molar refractivity (Wildman–Crippen MR) is 73.3 cm³/mol. The van der Waals surface area contributed by atoms with E-state index in [0.717, 1.165) is 26.2 Å². The number of hydrazone groups is 1. The molecule has 1 saturated heterocycles. The van der Waals surface area contributed by atoms with Crippen LogP contribution in [-0.2, 0) is 0 Å². The lowest BCUT2D eigenvalue weighted by Crippen LogP contribution is -2.41. The Labute approximate surface area is 112 Å². The van der Waals surface area contributed by atoms with Crippen molar-refractivity contribution in [3.63, 3.8) is 0 Å². The van der Waals surface area contributed by atoms with E-state index in [1.54, 1.807) is 24.3 Å². The summed E-state index contributed by atoms with van der Waals surface area (Å²) in [4.78, 5) is 14.1. The van der Waals surface area contributed by atoms with Crippen LogP contribution >= 0.6 is 11.6 Å². The van der Waals surface area contributed by atoms with Gasteiger partial charge in [-0.05, 0) is 31.3 Å². The van der Waals surface area contributed by atoms with Gasteiger partial charge in [-0.1, -0.05) is 11.6 Å². The zero-order valence-corrected chi connectivity index (χ0v) is 11.1. The van der Waals surface area contributed by atoms with Gasteiger partial charge in [-0.15, -0.1) is 0 Å². The Morgan fingerprint density at radius 3 is 2.44 bits per heavy atom. The number of likely N-dealkylation sites (N-methyl/N-ethyl adjacent to an activating group) is 1. The number of piperazine rings is 1. The van der Waals surface area contributed by atoms with Crippen LogP contribution in [0.2, 0.25) is 5.02 Å². The van der Waals surface area contributed by atoms with Crippen LogP contribution in [0.4, 0.5) is 0 Å². The van der Waals surface area contributed by atoms with Crippen LogP contribution in [0, 0.1) is 0 Å². The van der Waals surface area contributed by atoms with Gasteiger partial charge in [0, 0.05) is 36.8 Å². The van der Waals surface area contributed by atoms with Crippen LogP contribution in [0.15, 0.2) is 29.4 Å². The monoisotopic (exact) mass is 265 g/mol. The standard InChI is InChI=1S/C13H16ClN3O/c1-16-6-8-17(9-7-16)15-10-13(18)11-2-4-12(14)5-3-11/h2-5,10H,6-9H2,1H3/b15-10+. The van der Waals surface area contributed by atoms with Crippen LogP contribution in [-0.4, -0.2) is 55.1 Å². The first-order chi connectivity index (χ1) is 8.65. The molecule has 18 heavy (non-hydrogen) atoms. The molecule has 0 aromatic heterocycles. The van der Waals surface area contributed by atoms with Gasteiger partial charge in [-0.3, -0.25) is 9.80 Å². The van der Waals surface area contributed by atoms with Crippen LogP contribution < -0.4 is 0 Å². The number of rotatable bonds is 3. The lowest BCUT2D eigenvalue weighted by molar-refractivity contribution is 0.106. The van der Waals surface area contributed by atoms with Crippen molar-refractivity contribution in [2.75, 3.05) is 33.2 Å². The fraction of sp³-hybridized carbons (Fsp3) is 0.385. The summed E-state index contributed by atoms with van der Waals surface area (Å²) in [6.45, 7) is 3.68. The molecule has 0 atom stereocenters. The average Bonchev–Trinajstić information content (AvgIpc) is 2.38. The highest BCUT2D eigenvalue weighted by Crippen LogP contribution is 2.09. The summed E-state index contributed by atoms with van der Waals surface area (Å²) >= 11 is 5.77. The first kappa shape index (κ1) is 13.1. The second-order valence-corrected chi connectivity index (χ2v) is 4.81. The van der Waals surface area contributed by atoms with E-state index in [0.29, 0.717) is 10.6 Å². The number of carbonyl (C=O) groups is 1. The minimum atomic E-state index is -0.0920. The quantitative estimate of drug-likeness (QED) is 0.617. The maximum atomic E-state index is 11.8. The van der Waals surface area contributed by atoms with Crippen molar-refractivity contribution in [2.24, 2.45) is 5.10 Å². The van der Waals surface area contributed by atoms with E-state index in [-0.39, 0.29) is 5.78 Å². The normalized spacial score (nSPS) is 17.3. The van der Waals surface area contributed by atoms with Crippen LogP contribution in [0.3, 0.4) is 0 Å². The topological polar surface area (TPSA) is 35.9 Å². The molecule has 2 rings (SSSR count). The highest BCUT2D eigenvalue weighted by Gasteiger charge is 2.11. The number of ketones is 1. The Bertz CT molecular complexity index is 436. The average molecular weight is 266 g/mol. The molecule has 0 saturated carbocycles. The van der Waals surface area contributed by atoms with Crippen molar-refractivity contribution in [3.8, 4) is 0 Å². The summed E-state index contributed by atoms with van der Waals surface area (Å²) in [7, 11) is 2.08. The van der Waals surface area contributed by atoms with E-state index < -0.39 is 0 Å². The highest BCUT2D eigenvalue weighted by atomic mass is 35.5. The third-order valence-electron chi connectivity index (χ3n) is 2.95. The lowest BCUT2D eigenvalue weighted by atomic mass is 10.1. The zero-order valence-electron chi connectivity index (χ0n) is 10.3. The predicted octanol–water partition coefficient (Wildman–Crippen LogP) is 1.76. The summed E-state index contributed by atoms with van der Waals surface area (Å²) in [6, 6.07) is 6.83. The summed E-state index contributed by atoms with van der Waals surface area (Å²) in [5.41, 5.74) is 0.609. The molecule has 0 aliphatic carbocycles. The molecular formula is C13H16ClN3O. The van der Waals surface area contributed by atoms with Gasteiger partial charge < -0.3 is 4.90 Å². The third-order valence-corrected chi connectivity index (χ3v) is 3.20. The molecule has 5 heteroatoms. The molecule has 0 unspecified atom stereocenters. The van der Waals surface area contributed by atoms with Gasteiger partial charge in [-0.2, -0.15) is 5.10 Å². The summed E-state index contributed by atoms with van der Waals surface area (Å²) in [6.07, 6.45) is 1.38. The Hall–Kier alpha value is -1.39. The van der Waals surface area contributed by atoms with E-state index in [1.807, 2.05) is 5.01 Å². The van der Waals surface area contributed by atoms with Crippen LogP contribution in [0.1, 0.15) is 10.4 Å². The molecular weight excluding hydrogens is 250 g/mol. The Balaban J connectivity index is 1.92. The Morgan fingerprint density at radius 2 is 1.83 bits per heavy atom. The first-order valence-electron chi connectivity index (χ1n) is 5.92. The Morgan fingerprint density at radius 1 is 1.22 bits per heavy atom. The smallest absolute Gasteiger partial charge is 0.205 e. The maximum absolute atomic E-state index is 11.8. The van der Waals surface area contributed by atoms with Crippen molar-refractivity contribution in [2.45, 2.75) is 0 Å². The molecule has 0 spiro atoms. The summed E-state index contributed by atoms with van der Waals surface area (Å²) < 4.78 is 0. The van der Waals surface area contributed by atoms with E-state index in [9.17, 15) is 4.79 Å².